The Hall–Kier alpha value is -0.620. The maximum absolute atomic E-state index is 3.88. The molecule has 1 aromatic heterocycles. The maximum Gasteiger partial charge on any atom is 0.209 e. The molecule has 0 fully saturated rings. The van der Waals surface area contributed by atoms with Gasteiger partial charge in [-0.2, -0.15) is 0 Å². The van der Waals surface area contributed by atoms with Crippen LogP contribution in [0.5, 0.6) is 0 Å². The highest BCUT2D eigenvalue weighted by Crippen LogP contribution is 2.17. The molecule has 0 spiro atoms. The van der Waals surface area contributed by atoms with Crippen LogP contribution in [0.4, 0.5) is 0 Å². The number of aromatic nitrogens is 4. The Balaban J connectivity index is 2.46. The maximum atomic E-state index is 3.88. The fourth-order valence-corrected chi connectivity index (χ4v) is 1.71. The summed E-state index contributed by atoms with van der Waals surface area (Å²) in [5, 5.41) is 15.6. The largest absolute Gasteiger partial charge is 0.319 e. The van der Waals surface area contributed by atoms with Gasteiger partial charge in [0.05, 0.1) is 0 Å². The molecule has 12 heavy (non-hydrogen) atoms. The topological polar surface area (TPSA) is 55.6 Å². The molecule has 0 amide bonds. The van der Waals surface area contributed by atoms with Crippen LogP contribution in [0.2, 0.25) is 0 Å². The van der Waals surface area contributed by atoms with Gasteiger partial charge in [0.1, 0.15) is 0 Å². The number of hydrogen-bond donors (Lipinski definition) is 1. The Morgan fingerprint density at radius 2 is 2.42 bits per heavy atom. The third-order valence-corrected chi connectivity index (χ3v) is 2.51. The summed E-state index contributed by atoms with van der Waals surface area (Å²) >= 11 is 1.67. The summed E-state index contributed by atoms with van der Waals surface area (Å²) in [4.78, 5) is 0. The monoisotopic (exact) mass is 187 g/mol. The predicted octanol–water partition coefficient (Wildman–Crippen LogP) is -0.0899. The summed E-state index contributed by atoms with van der Waals surface area (Å²) in [7, 11) is 3.78. The van der Waals surface area contributed by atoms with Gasteiger partial charge in [0, 0.05) is 18.8 Å². The van der Waals surface area contributed by atoms with Gasteiger partial charge in [0.2, 0.25) is 5.16 Å². The molecule has 0 aliphatic carbocycles. The minimum Gasteiger partial charge on any atom is -0.319 e. The predicted molar refractivity (Wildman–Crippen MR) is 48.0 cm³/mol. The van der Waals surface area contributed by atoms with E-state index in [4.69, 9.17) is 0 Å². The quantitative estimate of drug-likeness (QED) is 0.668. The second kappa shape index (κ2) is 4.42. The van der Waals surface area contributed by atoms with Gasteiger partial charge in [-0.1, -0.05) is 18.7 Å². The van der Waals surface area contributed by atoms with Crippen LogP contribution >= 0.6 is 11.8 Å². The lowest BCUT2D eigenvalue weighted by atomic mass is 10.5. The minimum atomic E-state index is 0.486. The zero-order valence-electron chi connectivity index (χ0n) is 7.48. The molecule has 1 heterocycles. The third-order valence-electron chi connectivity index (χ3n) is 1.38. The summed E-state index contributed by atoms with van der Waals surface area (Å²) in [6.45, 7) is 3.09. The highest BCUT2D eigenvalue weighted by atomic mass is 32.2. The molecule has 1 N–H and O–H groups in total. The standard InChI is InChI=1S/C6H13N5S/c1-5(4-7-2)12-6-8-9-10-11(6)3/h5,7H,4H2,1-3H3. The van der Waals surface area contributed by atoms with Gasteiger partial charge in [-0.3, -0.25) is 0 Å². The van der Waals surface area contributed by atoms with Crippen molar-refractivity contribution < 1.29 is 0 Å². The van der Waals surface area contributed by atoms with E-state index in [9.17, 15) is 0 Å². The number of rotatable bonds is 4. The average Bonchev–Trinajstić information content (AvgIpc) is 2.37. The summed E-state index contributed by atoms with van der Waals surface area (Å²) < 4.78 is 1.68. The van der Waals surface area contributed by atoms with E-state index >= 15 is 0 Å². The minimum absolute atomic E-state index is 0.486. The SMILES string of the molecule is CNCC(C)Sc1nnnn1C. The first-order valence-electron chi connectivity index (χ1n) is 3.77. The van der Waals surface area contributed by atoms with Gasteiger partial charge >= 0.3 is 0 Å². The number of hydrogen-bond acceptors (Lipinski definition) is 5. The molecule has 68 valence electrons. The van der Waals surface area contributed by atoms with E-state index in [1.54, 1.807) is 16.4 Å². The van der Waals surface area contributed by atoms with Gasteiger partial charge in [-0.15, -0.1) is 5.10 Å². The first-order chi connectivity index (χ1) is 5.74. The van der Waals surface area contributed by atoms with E-state index in [1.807, 2.05) is 14.1 Å². The third kappa shape index (κ3) is 2.46. The fourth-order valence-electron chi connectivity index (χ4n) is 0.830. The summed E-state index contributed by atoms with van der Waals surface area (Å²) in [6.07, 6.45) is 0. The fraction of sp³-hybridized carbons (Fsp3) is 0.833. The van der Waals surface area contributed by atoms with Crippen LogP contribution in [0, 0.1) is 0 Å². The van der Waals surface area contributed by atoms with E-state index in [-0.39, 0.29) is 0 Å². The first-order valence-corrected chi connectivity index (χ1v) is 4.65. The zero-order valence-corrected chi connectivity index (χ0v) is 8.30. The molecule has 0 aliphatic heterocycles. The second-order valence-corrected chi connectivity index (χ2v) is 3.98. The lowest BCUT2D eigenvalue weighted by molar-refractivity contribution is 0.662. The lowest BCUT2D eigenvalue weighted by Crippen LogP contribution is -2.18. The number of nitrogens with one attached hydrogen (secondary N) is 1. The molecule has 5 nitrogen and oxygen atoms in total. The molecule has 0 saturated carbocycles. The molecule has 1 atom stereocenters. The molecule has 0 radical (unpaired) electrons. The van der Waals surface area contributed by atoms with Crippen molar-refractivity contribution in [2.45, 2.75) is 17.3 Å². The Morgan fingerprint density at radius 1 is 1.67 bits per heavy atom. The van der Waals surface area contributed by atoms with Crippen LogP contribution in [0.3, 0.4) is 0 Å². The highest BCUT2D eigenvalue weighted by molar-refractivity contribution is 7.99. The van der Waals surface area contributed by atoms with Crippen molar-refractivity contribution >= 4 is 11.8 Å². The van der Waals surface area contributed by atoms with Crippen molar-refractivity contribution in [3.05, 3.63) is 0 Å². The van der Waals surface area contributed by atoms with Gasteiger partial charge in [-0.05, 0) is 17.5 Å². The normalized spacial score (nSPS) is 13.2. The Bertz CT molecular complexity index is 236. The molecule has 0 aromatic carbocycles. The van der Waals surface area contributed by atoms with E-state index in [0.29, 0.717) is 5.25 Å². The van der Waals surface area contributed by atoms with Gasteiger partial charge in [0.25, 0.3) is 0 Å². The molecule has 0 saturated heterocycles. The number of tetrazole rings is 1. The van der Waals surface area contributed by atoms with Gasteiger partial charge in [-0.25, -0.2) is 4.68 Å². The molecule has 1 unspecified atom stereocenters. The van der Waals surface area contributed by atoms with Crippen LogP contribution in [0.15, 0.2) is 5.16 Å². The van der Waals surface area contributed by atoms with E-state index in [1.165, 1.54) is 0 Å². The van der Waals surface area contributed by atoms with Crippen molar-refractivity contribution in [3.63, 3.8) is 0 Å². The number of aryl methyl sites for hydroxylation is 1. The Morgan fingerprint density at radius 3 is 2.92 bits per heavy atom. The van der Waals surface area contributed by atoms with Gasteiger partial charge < -0.3 is 5.32 Å². The van der Waals surface area contributed by atoms with E-state index in [0.717, 1.165) is 11.7 Å². The number of nitrogens with zero attached hydrogens (tertiary/aromatic N) is 4. The summed E-state index contributed by atoms with van der Waals surface area (Å²) in [5.41, 5.74) is 0. The van der Waals surface area contributed by atoms with Crippen molar-refractivity contribution in [1.82, 2.24) is 25.5 Å². The van der Waals surface area contributed by atoms with Crippen molar-refractivity contribution in [3.8, 4) is 0 Å². The highest BCUT2D eigenvalue weighted by Gasteiger charge is 2.07. The molecular weight excluding hydrogens is 174 g/mol. The van der Waals surface area contributed by atoms with Crippen molar-refractivity contribution in [2.75, 3.05) is 13.6 Å². The molecule has 0 bridgehead atoms. The molecule has 1 rings (SSSR count). The summed E-state index contributed by atoms with van der Waals surface area (Å²) in [5.74, 6) is 0. The average molecular weight is 187 g/mol. The molecule has 0 aliphatic rings. The first kappa shape index (κ1) is 9.47. The van der Waals surface area contributed by atoms with Gasteiger partial charge in [0.15, 0.2) is 0 Å². The molecular formula is C6H13N5S. The van der Waals surface area contributed by atoms with Crippen LogP contribution in [0.25, 0.3) is 0 Å². The number of thioether (sulfide) groups is 1. The van der Waals surface area contributed by atoms with E-state index < -0.39 is 0 Å². The summed E-state index contributed by atoms with van der Waals surface area (Å²) in [6, 6.07) is 0. The van der Waals surface area contributed by atoms with Crippen molar-refractivity contribution in [2.24, 2.45) is 7.05 Å². The smallest absolute Gasteiger partial charge is 0.209 e. The Labute approximate surface area is 75.9 Å². The van der Waals surface area contributed by atoms with Crippen LogP contribution in [0.1, 0.15) is 6.92 Å². The second-order valence-electron chi connectivity index (χ2n) is 2.57. The van der Waals surface area contributed by atoms with Crippen molar-refractivity contribution in [1.29, 1.82) is 0 Å². The van der Waals surface area contributed by atoms with E-state index in [2.05, 4.69) is 27.8 Å². The van der Waals surface area contributed by atoms with Crippen LogP contribution < -0.4 is 5.32 Å². The molecule has 1 aromatic rings. The van der Waals surface area contributed by atoms with Crippen LogP contribution in [-0.2, 0) is 7.05 Å². The van der Waals surface area contributed by atoms with Crippen LogP contribution in [-0.4, -0.2) is 39.0 Å². The Kier molecular flexibility index (Phi) is 3.48. The zero-order chi connectivity index (χ0) is 8.97. The lowest BCUT2D eigenvalue weighted by Gasteiger charge is -2.07. The molecule has 6 heteroatoms.